The van der Waals surface area contributed by atoms with E-state index >= 15 is 0 Å². The molecule has 0 saturated carbocycles. The van der Waals surface area contributed by atoms with Crippen LogP contribution in [0.2, 0.25) is 0 Å². The highest BCUT2D eigenvalue weighted by Gasteiger charge is 2.29. The largest absolute Gasteiger partial charge is 0.356 e. The van der Waals surface area contributed by atoms with Gasteiger partial charge in [-0.3, -0.25) is 14.9 Å². The van der Waals surface area contributed by atoms with Gasteiger partial charge in [0.25, 0.3) is 5.91 Å². The monoisotopic (exact) mass is 310 g/mol. The highest BCUT2D eigenvalue weighted by molar-refractivity contribution is 7.11. The fourth-order valence-electron chi connectivity index (χ4n) is 1.98. The lowest BCUT2D eigenvalue weighted by molar-refractivity contribution is -0.122. The Bertz CT molecular complexity index is 550. The molecule has 1 fully saturated rings. The number of amides is 4. The van der Waals surface area contributed by atoms with Gasteiger partial charge in [-0.2, -0.15) is 0 Å². The van der Waals surface area contributed by atoms with E-state index in [2.05, 4.69) is 20.9 Å². The molecule has 1 aromatic rings. The molecule has 1 aromatic heterocycles. The Kier molecular flexibility index (Phi) is 4.89. The van der Waals surface area contributed by atoms with E-state index in [1.54, 1.807) is 11.3 Å². The molecular formula is C13H18N4O3S. The number of nitrogens with zero attached hydrogens (tertiary/aromatic N) is 1. The summed E-state index contributed by atoms with van der Waals surface area (Å²) in [7, 11) is 0. The average Bonchev–Trinajstić information content (AvgIpc) is 2.90. The van der Waals surface area contributed by atoms with Gasteiger partial charge in [-0.1, -0.05) is 0 Å². The molecule has 1 saturated heterocycles. The zero-order valence-electron chi connectivity index (χ0n) is 12.0. The minimum atomic E-state index is -0.604. The second kappa shape index (κ2) is 6.66. The summed E-state index contributed by atoms with van der Waals surface area (Å²) in [6.07, 6.45) is 1.21. The molecule has 7 nitrogen and oxygen atoms in total. The summed E-state index contributed by atoms with van der Waals surface area (Å²) in [5, 5.41) is 8.40. The molecule has 0 radical (unpaired) electrons. The van der Waals surface area contributed by atoms with Crippen molar-refractivity contribution in [1.29, 1.82) is 0 Å². The van der Waals surface area contributed by atoms with E-state index in [0.29, 0.717) is 19.4 Å². The van der Waals surface area contributed by atoms with E-state index in [-0.39, 0.29) is 18.2 Å². The van der Waals surface area contributed by atoms with Gasteiger partial charge in [-0.05, 0) is 20.3 Å². The Hall–Kier alpha value is -1.96. The van der Waals surface area contributed by atoms with E-state index in [9.17, 15) is 14.4 Å². The van der Waals surface area contributed by atoms with Gasteiger partial charge >= 0.3 is 6.03 Å². The second-order valence-electron chi connectivity index (χ2n) is 4.90. The van der Waals surface area contributed by atoms with Crippen molar-refractivity contribution in [1.82, 2.24) is 20.9 Å². The molecule has 4 amide bonds. The predicted molar refractivity (Wildman–Crippen MR) is 78.0 cm³/mol. The zero-order valence-corrected chi connectivity index (χ0v) is 12.8. The highest BCUT2D eigenvalue weighted by Crippen LogP contribution is 2.16. The van der Waals surface area contributed by atoms with Gasteiger partial charge in [-0.25, -0.2) is 9.78 Å². The molecular weight excluding hydrogens is 292 g/mol. The van der Waals surface area contributed by atoms with Crippen LogP contribution in [0.25, 0.3) is 0 Å². The van der Waals surface area contributed by atoms with Gasteiger partial charge in [0.15, 0.2) is 0 Å². The summed E-state index contributed by atoms with van der Waals surface area (Å²) in [6.45, 7) is 4.51. The first kappa shape index (κ1) is 15.4. The predicted octanol–water partition coefficient (Wildman–Crippen LogP) is 0.407. The third-order valence-electron chi connectivity index (χ3n) is 3.25. The van der Waals surface area contributed by atoms with Crippen molar-refractivity contribution < 1.29 is 14.4 Å². The van der Waals surface area contributed by atoms with Crippen LogP contribution in [-0.2, 0) is 16.0 Å². The zero-order chi connectivity index (χ0) is 15.4. The van der Waals surface area contributed by atoms with Crippen molar-refractivity contribution in [2.45, 2.75) is 39.2 Å². The summed E-state index contributed by atoms with van der Waals surface area (Å²) in [4.78, 5) is 39.5. The third-order valence-corrected chi connectivity index (χ3v) is 4.39. The number of nitrogens with one attached hydrogen (secondary N) is 3. The number of thiazole rings is 1. The van der Waals surface area contributed by atoms with Crippen LogP contribution < -0.4 is 16.0 Å². The molecule has 8 heteroatoms. The first-order valence-electron chi connectivity index (χ1n) is 6.76. The van der Waals surface area contributed by atoms with Gasteiger partial charge in [0.1, 0.15) is 6.04 Å². The van der Waals surface area contributed by atoms with Gasteiger partial charge in [0, 0.05) is 24.3 Å². The molecule has 2 rings (SSSR count). The molecule has 0 bridgehead atoms. The number of carbonyl (C=O) groups is 3. The average molecular weight is 310 g/mol. The number of aryl methyl sites for hydroxylation is 2. The van der Waals surface area contributed by atoms with Gasteiger partial charge < -0.3 is 10.6 Å². The van der Waals surface area contributed by atoms with Crippen LogP contribution in [0.5, 0.6) is 0 Å². The Morgan fingerprint density at radius 3 is 2.71 bits per heavy atom. The molecule has 0 aliphatic carbocycles. The lowest BCUT2D eigenvalue weighted by atomic mass is 10.1. The van der Waals surface area contributed by atoms with E-state index in [4.69, 9.17) is 0 Å². The normalized spacial score (nSPS) is 17.5. The molecule has 0 aromatic carbocycles. The van der Waals surface area contributed by atoms with Crippen molar-refractivity contribution >= 4 is 29.2 Å². The summed E-state index contributed by atoms with van der Waals surface area (Å²) < 4.78 is 0. The van der Waals surface area contributed by atoms with Crippen LogP contribution in [0.1, 0.15) is 28.4 Å². The number of hydrogen-bond donors (Lipinski definition) is 3. The summed E-state index contributed by atoms with van der Waals surface area (Å²) in [5.41, 5.74) is 1.03. The number of imide groups is 1. The lowest BCUT2D eigenvalue weighted by Gasteiger charge is -2.07. The second-order valence-corrected chi connectivity index (χ2v) is 6.19. The van der Waals surface area contributed by atoms with Crippen molar-refractivity contribution in [3.63, 3.8) is 0 Å². The van der Waals surface area contributed by atoms with Crippen LogP contribution in [0.15, 0.2) is 0 Å². The third kappa shape index (κ3) is 4.25. The minimum Gasteiger partial charge on any atom is -0.356 e. The molecule has 1 unspecified atom stereocenters. The molecule has 2 heterocycles. The fraction of sp³-hybridized carbons (Fsp3) is 0.538. The summed E-state index contributed by atoms with van der Waals surface area (Å²) in [5.74, 6) is -0.504. The first-order valence-corrected chi connectivity index (χ1v) is 7.58. The van der Waals surface area contributed by atoms with E-state index < -0.39 is 12.1 Å². The number of aromatic nitrogens is 1. The molecule has 114 valence electrons. The maximum Gasteiger partial charge on any atom is 0.322 e. The van der Waals surface area contributed by atoms with Crippen LogP contribution >= 0.6 is 11.3 Å². The van der Waals surface area contributed by atoms with E-state index in [1.165, 1.54) is 4.88 Å². The highest BCUT2D eigenvalue weighted by atomic mass is 32.1. The Morgan fingerprint density at radius 1 is 1.38 bits per heavy atom. The Balaban J connectivity index is 1.66. The Labute approximate surface area is 126 Å². The number of hydrogen-bond acceptors (Lipinski definition) is 5. The van der Waals surface area contributed by atoms with Crippen molar-refractivity contribution in [2.24, 2.45) is 0 Å². The van der Waals surface area contributed by atoms with Crippen LogP contribution in [-0.4, -0.2) is 35.4 Å². The van der Waals surface area contributed by atoms with Crippen molar-refractivity contribution in [2.75, 3.05) is 6.54 Å². The maximum absolute atomic E-state index is 11.7. The van der Waals surface area contributed by atoms with Crippen LogP contribution in [0.3, 0.4) is 0 Å². The molecule has 21 heavy (non-hydrogen) atoms. The lowest BCUT2D eigenvalue weighted by Crippen LogP contribution is -2.32. The standard InChI is InChI=1S/C13H18N4O3S/c1-7-8(2)21-11(15-7)5-6-14-10(18)4-3-9-12(19)17-13(20)16-9/h9H,3-6H2,1-2H3,(H,14,18)(H2,16,17,19,20). The van der Waals surface area contributed by atoms with Crippen LogP contribution in [0, 0.1) is 13.8 Å². The molecule has 3 N–H and O–H groups in total. The van der Waals surface area contributed by atoms with Crippen molar-refractivity contribution in [3.8, 4) is 0 Å². The Morgan fingerprint density at radius 2 is 2.14 bits per heavy atom. The quantitative estimate of drug-likeness (QED) is 0.662. The number of carbonyl (C=O) groups excluding carboxylic acids is 3. The van der Waals surface area contributed by atoms with Crippen LogP contribution in [0.4, 0.5) is 4.79 Å². The number of rotatable bonds is 6. The van der Waals surface area contributed by atoms with Gasteiger partial charge in [-0.15, -0.1) is 11.3 Å². The molecule has 0 spiro atoms. The van der Waals surface area contributed by atoms with E-state index in [0.717, 1.165) is 10.7 Å². The van der Waals surface area contributed by atoms with E-state index in [1.807, 2.05) is 13.8 Å². The van der Waals surface area contributed by atoms with Gasteiger partial charge in [0.2, 0.25) is 5.91 Å². The summed E-state index contributed by atoms with van der Waals surface area (Å²) >= 11 is 1.64. The molecule has 1 aliphatic rings. The minimum absolute atomic E-state index is 0.131. The smallest absolute Gasteiger partial charge is 0.322 e. The first-order chi connectivity index (χ1) is 9.95. The number of urea groups is 1. The SMILES string of the molecule is Cc1nc(CCNC(=O)CCC2NC(=O)NC2=O)sc1C. The van der Waals surface area contributed by atoms with Gasteiger partial charge in [0.05, 0.1) is 10.7 Å². The fourth-order valence-corrected chi connectivity index (χ4v) is 2.91. The molecule has 1 atom stereocenters. The summed E-state index contributed by atoms with van der Waals surface area (Å²) in [6, 6.07) is -1.10. The van der Waals surface area contributed by atoms with Crippen molar-refractivity contribution in [3.05, 3.63) is 15.6 Å². The topological polar surface area (TPSA) is 100 Å². The maximum atomic E-state index is 11.7. The molecule has 1 aliphatic heterocycles.